The third-order valence-corrected chi connectivity index (χ3v) is 5.95. The van der Waals surface area contributed by atoms with Gasteiger partial charge in [0.15, 0.2) is 5.82 Å². The quantitative estimate of drug-likeness (QED) is 0.327. The van der Waals surface area contributed by atoms with E-state index in [1.165, 1.54) is 18.3 Å². The van der Waals surface area contributed by atoms with Crippen molar-refractivity contribution in [3.8, 4) is 11.4 Å². The van der Waals surface area contributed by atoms with E-state index in [-0.39, 0.29) is 17.3 Å². The van der Waals surface area contributed by atoms with Crippen LogP contribution in [0.15, 0.2) is 48.9 Å². The zero-order valence-corrected chi connectivity index (χ0v) is 18.8. The van der Waals surface area contributed by atoms with Crippen LogP contribution in [-0.4, -0.2) is 49.6 Å². The number of rotatable bonds is 6. The number of ketones is 1. The molecule has 1 aliphatic rings. The highest BCUT2D eigenvalue weighted by atomic mass is 19.1. The lowest BCUT2D eigenvalue weighted by molar-refractivity contribution is -0.129. The molecule has 3 aromatic heterocycles. The van der Waals surface area contributed by atoms with Gasteiger partial charge in [0.1, 0.15) is 17.3 Å². The first kappa shape index (κ1) is 21.7. The molecule has 1 saturated heterocycles. The minimum atomic E-state index is -0.569. The molecule has 34 heavy (non-hydrogen) atoms. The number of nitrogens with one attached hydrogen (secondary N) is 2. The summed E-state index contributed by atoms with van der Waals surface area (Å²) < 4.78 is 13.4. The van der Waals surface area contributed by atoms with Crippen molar-refractivity contribution in [2.24, 2.45) is 0 Å². The van der Waals surface area contributed by atoms with Crippen LogP contribution in [0.2, 0.25) is 0 Å². The van der Waals surface area contributed by atoms with Crippen molar-refractivity contribution in [1.82, 2.24) is 24.8 Å². The molecule has 0 radical (unpaired) electrons. The number of hydrogen-bond acceptors (Lipinski definition) is 6. The van der Waals surface area contributed by atoms with Gasteiger partial charge in [-0.05, 0) is 42.7 Å². The Hall–Kier alpha value is -4.14. The number of nitrogens with zero attached hydrogens (tertiary/aromatic N) is 4. The summed E-state index contributed by atoms with van der Waals surface area (Å²) in [4.78, 5) is 43.6. The largest absolute Gasteiger partial charge is 0.345 e. The molecule has 0 bridgehead atoms. The number of benzene rings is 1. The van der Waals surface area contributed by atoms with Crippen molar-refractivity contribution in [3.05, 3.63) is 65.9 Å². The standard InChI is InChI=1S/C25H23FN6O2/c1-14(2)17-12-28-22(15-4-6-16(26)7-5-15)31-23(17)30-19-8-9-27-24-20(19)18(13-29-24)21(33)25(34)32-10-3-11-32/h4-9,12-14H,3,10-11H2,1-2H3,(H2,27,28,29,30,31). The second-order valence-corrected chi connectivity index (χ2v) is 8.54. The zero-order chi connectivity index (χ0) is 23.8. The summed E-state index contributed by atoms with van der Waals surface area (Å²) in [7, 11) is 0. The number of amides is 1. The van der Waals surface area contributed by atoms with Crippen molar-refractivity contribution < 1.29 is 14.0 Å². The fraction of sp³-hybridized carbons (Fsp3) is 0.240. The van der Waals surface area contributed by atoms with E-state index in [4.69, 9.17) is 4.98 Å². The summed E-state index contributed by atoms with van der Waals surface area (Å²) in [5.41, 5.74) is 2.90. The Morgan fingerprint density at radius 2 is 1.88 bits per heavy atom. The van der Waals surface area contributed by atoms with E-state index in [0.29, 0.717) is 47.0 Å². The monoisotopic (exact) mass is 458 g/mol. The Bertz CT molecular complexity index is 1390. The van der Waals surface area contributed by atoms with E-state index in [0.717, 1.165) is 12.0 Å². The lowest BCUT2D eigenvalue weighted by Gasteiger charge is -2.29. The Balaban J connectivity index is 1.56. The number of hydrogen-bond donors (Lipinski definition) is 2. The van der Waals surface area contributed by atoms with Gasteiger partial charge in [-0.15, -0.1) is 0 Å². The number of H-pyrrole nitrogens is 1. The molecule has 0 saturated carbocycles. The first-order valence-corrected chi connectivity index (χ1v) is 11.1. The summed E-state index contributed by atoms with van der Waals surface area (Å²) in [5.74, 6) is -0.299. The van der Waals surface area contributed by atoms with Crippen molar-refractivity contribution >= 4 is 34.2 Å². The number of carbonyl (C=O) groups is 2. The smallest absolute Gasteiger partial charge is 0.295 e. The lowest BCUT2D eigenvalue weighted by atomic mass is 10.0. The number of Topliss-reactive ketones (excluding diaryl/α,β-unsaturated/α-hetero) is 1. The highest BCUT2D eigenvalue weighted by Gasteiger charge is 2.30. The molecule has 4 heterocycles. The number of aromatic nitrogens is 4. The van der Waals surface area contributed by atoms with Gasteiger partial charge < -0.3 is 15.2 Å². The highest BCUT2D eigenvalue weighted by molar-refractivity contribution is 6.45. The van der Waals surface area contributed by atoms with E-state index in [9.17, 15) is 14.0 Å². The third kappa shape index (κ3) is 3.89. The van der Waals surface area contributed by atoms with Gasteiger partial charge >= 0.3 is 0 Å². The maximum Gasteiger partial charge on any atom is 0.295 e. The second kappa shape index (κ2) is 8.66. The number of carbonyl (C=O) groups excluding carboxylic acids is 2. The number of halogens is 1. The Labute approximate surface area is 195 Å². The van der Waals surface area contributed by atoms with E-state index < -0.39 is 11.7 Å². The summed E-state index contributed by atoms with van der Waals surface area (Å²) in [5, 5.41) is 3.86. The van der Waals surface area contributed by atoms with Crippen molar-refractivity contribution in [1.29, 1.82) is 0 Å². The number of aromatic amines is 1. The molecule has 1 aliphatic heterocycles. The van der Waals surface area contributed by atoms with Crippen LogP contribution in [0.3, 0.4) is 0 Å². The molecular weight excluding hydrogens is 435 g/mol. The first-order valence-electron chi connectivity index (χ1n) is 11.1. The number of likely N-dealkylation sites (tertiary alicyclic amines) is 1. The van der Waals surface area contributed by atoms with E-state index in [1.807, 2.05) is 13.8 Å². The van der Waals surface area contributed by atoms with Gasteiger partial charge in [-0.2, -0.15) is 0 Å². The van der Waals surface area contributed by atoms with Crippen molar-refractivity contribution in [2.75, 3.05) is 18.4 Å². The molecule has 0 aliphatic carbocycles. The fourth-order valence-electron chi connectivity index (χ4n) is 3.90. The topological polar surface area (TPSA) is 104 Å². The average Bonchev–Trinajstić information content (AvgIpc) is 3.23. The van der Waals surface area contributed by atoms with Gasteiger partial charge in [0.2, 0.25) is 0 Å². The maximum absolute atomic E-state index is 13.4. The SMILES string of the molecule is CC(C)c1cnc(-c2ccc(F)cc2)nc1Nc1ccnc2[nH]cc(C(=O)C(=O)N3CCC3)c12. The summed E-state index contributed by atoms with van der Waals surface area (Å²) >= 11 is 0. The molecule has 8 nitrogen and oxygen atoms in total. The third-order valence-electron chi connectivity index (χ3n) is 5.95. The van der Waals surface area contributed by atoms with Crippen molar-refractivity contribution in [2.45, 2.75) is 26.2 Å². The van der Waals surface area contributed by atoms with Gasteiger partial charge in [0.05, 0.1) is 16.6 Å². The minimum absolute atomic E-state index is 0.113. The predicted molar refractivity (Wildman–Crippen MR) is 126 cm³/mol. The normalized spacial score (nSPS) is 13.2. The summed E-state index contributed by atoms with van der Waals surface area (Å²) in [6.07, 6.45) is 5.79. The molecule has 0 unspecified atom stereocenters. The Morgan fingerprint density at radius 1 is 1.12 bits per heavy atom. The molecule has 1 amide bonds. The second-order valence-electron chi connectivity index (χ2n) is 8.54. The van der Waals surface area contributed by atoms with E-state index >= 15 is 0 Å². The Morgan fingerprint density at radius 3 is 2.56 bits per heavy atom. The van der Waals surface area contributed by atoms with E-state index in [1.54, 1.807) is 35.5 Å². The van der Waals surface area contributed by atoms with Gasteiger partial charge in [-0.25, -0.2) is 19.3 Å². The molecule has 1 aromatic carbocycles. The van der Waals surface area contributed by atoms with Crippen LogP contribution in [0.5, 0.6) is 0 Å². The van der Waals surface area contributed by atoms with Crippen LogP contribution in [0, 0.1) is 5.82 Å². The molecule has 1 fully saturated rings. The summed E-state index contributed by atoms with van der Waals surface area (Å²) in [6.45, 7) is 5.25. The minimum Gasteiger partial charge on any atom is -0.345 e. The van der Waals surface area contributed by atoms with E-state index in [2.05, 4.69) is 20.3 Å². The average molecular weight is 458 g/mol. The zero-order valence-electron chi connectivity index (χ0n) is 18.8. The number of fused-ring (bicyclic) bond motifs is 1. The molecule has 4 aromatic rings. The molecule has 9 heteroatoms. The van der Waals surface area contributed by atoms with Crippen LogP contribution < -0.4 is 5.32 Å². The number of pyridine rings is 1. The van der Waals surface area contributed by atoms with Crippen molar-refractivity contribution in [3.63, 3.8) is 0 Å². The highest BCUT2D eigenvalue weighted by Crippen LogP contribution is 2.32. The van der Waals surface area contributed by atoms with Gasteiger partial charge in [0.25, 0.3) is 11.7 Å². The van der Waals surface area contributed by atoms with Crippen LogP contribution in [0.4, 0.5) is 15.9 Å². The fourth-order valence-corrected chi connectivity index (χ4v) is 3.90. The van der Waals surface area contributed by atoms with Gasteiger partial charge in [-0.3, -0.25) is 9.59 Å². The molecule has 0 atom stereocenters. The van der Waals surface area contributed by atoms with Crippen LogP contribution in [0.25, 0.3) is 22.4 Å². The number of anilines is 2. The van der Waals surface area contributed by atoms with Gasteiger partial charge in [0, 0.05) is 42.8 Å². The maximum atomic E-state index is 13.4. The van der Waals surface area contributed by atoms with Gasteiger partial charge in [-0.1, -0.05) is 13.8 Å². The Kier molecular flexibility index (Phi) is 5.53. The first-order chi connectivity index (χ1) is 16.4. The summed E-state index contributed by atoms with van der Waals surface area (Å²) in [6, 6.07) is 7.71. The predicted octanol–water partition coefficient (Wildman–Crippen LogP) is 4.44. The van der Waals surface area contributed by atoms with Crippen LogP contribution in [-0.2, 0) is 4.79 Å². The molecule has 0 spiro atoms. The molecule has 2 N–H and O–H groups in total. The molecule has 5 rings (SSSR count). The molecular formula is C25H23FN6O2. The lowest BCUT2D eigenvalue weighted by Crippen LogP contribution is -2.45. The molecule has 172 valence electrons. The van der Waals surface area contributed by atoms with Crippen LogP contribution in [0.1, 0.15) is 42.1 Å². The van der Waals surface area contributed by atoms with Crippen LogP contribution >= 0.6 is 0 Å².